The molecule has 0 amide bonds. The van der Waals surface area contributed by atoms with E-state index in [4.69, 9.17) is 5.73 Å². The number of benzene rings is 2. The van der Waals surface area contributed by atoms with E-state index in [9.17, 15) is 4.39 Å². The van der Waals surface area contributed by atoms with E-state index in [1.165, 1.54) is 12.1 Å². The summed E-state index contributed by atoms with van der Waals surface area (Å²) < 4.78 is 14.3. The van der Waals surface area contributed by atoms with Gasteiger partial charge >= 0.3 is 0 Å². The quantitative estimate of drug-likeness (QED) is 0.874. The zero-order chi connectivity index (χ0) is 13.1. The maximum Gasteiger partial charge on any atom is 0.127 e. The Hall–Kier alpha value is -1.55. The molecule has 0 bridgehead atoms. The molecule has 2 aromatic rings. The predicted octanol–water partition coefficient (Wildman–Crippen LogP) is 3.81. The van der Waals surface area contributed by atoms with E-state index in [0.29, 0.717) is 12.2 Å². The van der Waals surface area contributed by atoms with Crippen molar-refractivity contribution in [1.82, 2.24) is 0 Å². The van der Waals surface area contributed by atoms with Gasteiger partial charge in [0.2, 0.25) is 0 Å². The summed E-state index contributed by atoms with van der Waals surface area (Å²) in [7, 11) is 1.91. The van der Waals surface area contributed by atoms with Crippen molar-refractivity contribution in [3.05, 3.63) is 58.3 Å². The molecule has 2 nitrogen and oxygen atoms in total. The second-order valence-corrected chi connectivity index (χ2v) is 5.04. The second kappa shape index (κ2) is 5.40. The molecule has 2 N–H and O–H groups in total. The van der Waals surface area contributed by atoms with Crippen LogP contribution >= 0.6 is 15.9 Å². The molecule has 2 rings (SSSR count). The summed E-state index contributed by atoms with van der Waals surface area (Å²) in [5.74, 6) is -0.316. The Morgan fingerprint density at radius 2 is 1.94 bits per heavy atom. The number of hydrogen-bond acceptors (Lipinski definition) is 2. The third-order valence-electron chi connectivity index (χ3n) is 2.71. The molecule has 0 heterocycles. The number of nitrogens with zero attached hydrogens (tertiary/aromatic N) is 1. The molecule has 0 saturated carbocycles. The molecule has 0 spiro atoms. The van der Waals surface area contributed by atoms with Crippen LogP contribution in [0.4, 0.5) is 15.8 Å². The summed E-state index contributed by atoms with van der Waals surface area (Å²) in [6, 6.07) is 12.5. The Balaban J connectivity index is 2.22. The van der Waals surface area contributed by atoms with Crippen molar-refractivity contribution < 1.29 is 4.39 Å². The minimum Gasteiger partial charge on any atom is -0.399 e. The Labute approximate surface area is 114 Å². The van der Waals surface area contributed by atoms with E-state index in [1.807, 2.05) is 36.2 Å². The van der Waals surface area contributed by atoms with Gasteiger partial charge in [-0.25, -0.2) is 4.39 Å². The van der Waals surface area contributed by atoms with E-state index < -0.39 is 0 Å². The van der Waals surface area contributed by atoms with Gasteiger partial charge in [-0.3, -0.25) is 0 Å². The maximum absolute atomic E-state index is 13.3. The molecule has 0 saturated heterocycles. The molecule has 0 aliphatic heterocycles. The normalized spacial score (nSPS) is 10.4. The van der Waals surface area contributed by atoms with Crippen LogP contribution in [0.1, 0.15) is 5.56 Å². The van der Waals surface area contributed by atoms with Crippen molar-refractivity contribution in [2.24, 2.45) is 0 Å². The molecule has 0 aliphatic carbocycles. The van der Waals surface area contributed by atoms with Crippen LogP contribution in [0.5, 0.6) is 0 Å². The van der Waals surface area contributed by atoms with E-state index in [-0.39, 0.29) is 5.82 Å². The number of hydrogen-bond donors (Lipinski definition) is 1. The van der Waals surface area contributed by atoms with Crippen LogP contribution in [0.2, 0.25) is 0 Å². The number of anilines is 2. The van der Waals surface area contributed by atoms with Crippen LogP contribution in [0.3, 0.4) is 0 Å². The topological polar surface area (TPSA) is 29.3 Å². The SMILES string of the molecule is CN(Cc1ccccc1Br)c1cc(N)cc(F)c1. The Morgan fingerprint density at radius 3 is 2.61 bits per heavy atom. The highest BCUT2D eigenvalue weighted by Crippen LogP contribution is 2.23. The standard InChI is InChI=1S/C14H14BrFN2/c1-18(9-10-4-2-3-5-14(10)15)13-7-11(16)6-12(17)8-13/h2-8H,9,17H2,1H3. The first-order valence-electron chi connectivity index (χ1n) is 5.57. The van der Waals surface area contributed by atoms with E-state index in [2.05, 4.69) is 15.9 Å². The number of nitrogen functional groups attached to an aromatic ring is 1. The molecule has 0 fully saturated rings. The van der Waals surface area contributed by atoms with Gasteiger partial charge in [-0.2, -0.15) is 0 Å². The maximum atomic E-state index is 13.3. The molecule has 18 heavy (non-hydrogen) atoms. The minimum atomic E-state index is -0.316. The molecule has 94 valence electrons. The zero-order valence-corrected chi connectivity index (χ0v) is 11.6. The summed E-state index contributed by atoms with van der Waals surface area (Å²) in [4.78, 5) is 1.96. The fraction of sp³-hybridized carbons (Fsp3) is 0.143. The van der Waals surface area contributed by atoms with Crippen molar-refractivity contribution in [2.45, 2.75) is 6.54 Å². The van der Waals surface area contributed by atoms with Gasteiger partial charge in [-0.05, 0) is 29.8 Å². The highest BCUT2D eigenvalue weighted by Gasteiger charge is 2.06. The van der Waals surface area contributed by atoms with Gasteiger partial charge in [0.15, 0.2) is 0 Å². The number of nitrogens with two attached hydrogens (primary N) is 1. The number of halogens is 2. The van der Waals surface area contributed by atoms with Gasteiger partial charge in [0.1, 0.15) is 5.82 Å². The Morgan fingerprint density at radius 1 is 1.22 bits per heavy atom. The largest absolute Gasteiger partial charge is 0.399 e. The Kier molecular flexibility index (Phi) is 3.87. The van der Waals surface area contributed by atoms with Gasteiger partial charge in [0, 0.05) is 29.4 Å². The van der Waals surface area contributed by atoms with Crippen molar-refractivity contribution in [3.63, 3.8) is 0 Å². The van der Waals surface area contributed by atoms with Crippen LogP contribution in [0.25, 0.3) is 0 Å². The zero-order valence-electron chi connectivity index (χ0n) is 10.0. The van der Waals surface area contributed by atoms with Crippen LogP contribution in [-0.2, 0) is 6.54 Å². The minimum absolute atomic E-state index is 0.316. The van der Waals surface area contributed by atoms with Gasteiger partial charge in [-0.1, -0.05) is 34.1 Å². The van der Waals surface area contributed by atoms with Crippen molar-refractivity contribution in [3.8, 4) is 0 Å². The van der Waals surface area contributed by atoms with E-state index in [0.717, 1.165) is 15.7 Å². The fourth-order valence-corrected chi connectivity index (χ4v) is 2.20. The summed E-state index contributed by atoms with van der Waals surface area (Å²) >= 11 is 3.50. The number of rotatable bonds is 3. The van der Waals surface area contributed by atoms with Crippen LogP contribution < -0.4 is 10.6 Å². The third-order valence-corrected chi connectivity index (χ3v) is 3.48. The van der Waals surface area contributed by atoms with E-state index >= 15 is 0 Å². The molecule has 0 aromatic heterocycles. The first-order valence-corrected chi connectivity index (χ1v) is 6.36. The monoisotopic (exact) mass is 308 g/mol. The first-order chi connectivity index (χ1) is 8.56. The van der Waals surface area contributed by atoms with Crippen molar-refractivity contribution in [2.75, 3.05) is 17.7 Å². The van der Waals surface area contributed by atoms with Gasteiger partial charge < -0.3 is 10.6 Å². The summed E-state index contributed by atoms with van der Waals surface area (Å²) in [6.07, 6.45) is 0. The molecule has 4 heteroatoms. The lowest BCUT2D eigenvalue weighted by molar-refractivity contribution is 0.628. The van der Waals surface area contributed by atoms with Gasteiger partial charge in [0.25, 0.3) is 0 Å². The van der Waals surface area contributed by atoms with E-state index in [1.54, 1.807) is 6.07 Å². The average molecular weight is 309 g/mol. The molecule has 0 unspecified atom stereocenters. The third kappa shape index (κ3) is 3.01. The fourth-order valence-electron chi connectivity index (χ4n) is 1.79. The second-order valence-electron chi connectivity index (χ2n) is 4.19. The predicted molar refractivity (Wildman–Crippen MR) is 77.1 cm³/mol. The van der Waals surface area contributed by atoms with Crippen LogP contribution in [0.15, 0.2) is 46.9 Å². The molecule has 0 aliphatic rings. The summed E-state index contributed by atoms with van der Waals surface area (Å²) in [6.45, 7) is 0.685. The molecular weight excluding hydrogens is 295 g/mol. The Bertz CT molecular complexity index is 537. The first kappa shape index (κ1) is 12.9. The lowest BCUT2D eigenvalue weighted by Gasteiger charge is -2.20. The molecule has 0 atom stereocenters. The van der Waals surface area contributed by atoms with Crippen molar-refractivity contribution >= 4 is 27.3 Å². The highest BCUT2D eigenvalue weighted by molar-refractivity contribution is 9.10. The van der Waals surface area contributed by atoms with Crippen LogP contribution in [0, 0.1) is 5.82 Å². The summed E-state index contributed by atoms with van der Waals surface area (Å²) in [5, 5.41) is 0. The average Bonchev–Trinajstić information content (AvgIpc) is 2.31. The lowest BCUT2D eigenvalue weighted by Crippen LogP contribution is -2.17. The molecule has 0 radical (unpaired) electrons. The summed E-state index contributed by atoms with van der Waals surface area (Å²) in [5.41, 5.74) is 7.99. The molecule has 2 aromatic carbocycles. The highest BCUT2D eigenvalue weighted by atomic mass is 79.9. The van der Waals surface area contributed by atoms with Gasteiger partial charge in [0.05, 0.1) is 0 Å². The lowest BCUT2D eigenvalue weighted by atomic mass is 10.2. The smallest absolute Gasteiger partial charge is 0.127 e. The van der Waals surface area contributed by atoms with Crippen LogP contribution in [-0.4, -0.2) is 7.05 Å². The molecular formula is C14H14BrFN2. The van der Waals surface area contributed by atoms with Crippen molar-refractivity contribution in [1.29, 1.82) is 0 Å². The van der Waals surface area contributed by atoms with Gasteiger partial charge in [-0.15, -0.1) is 0 Å².